The smallest absolute Gasteiger partial charge is 0.407 e. The molecule has 0 atom stereocenters. The molecule has 13 heteroatoms. The van der Waals surface area contributed by atoms with Gasteiger partial charge in [0.1, 0.15) is 6.61 Å². The molecule has 44 heavy (non-hydrogen) atoms. The number of carbonyl (C=O) groups is 3. The number of carbonyl (C=O) groups excluding carboxylic acids is 3. The lowest BCUT2D eigenvalue weighted by Crippen LogP contribution is -2.38. The van der Waals surface area contributed by atoms with Crippen LogP contribution in [-0.4, -0.2) is 38.8 Å². The second kappa shape index (κ2) is 14.8. The highest BCUT2D eigenvalue weighted by molar-refractivity contribution is 9.09. The lowest BCUT2D eigenvalue weighted by atomic mass is 9.90. The predicted octanol–water partition coefficient (Wildman–Crippen LogP) is 7.10. The summed E-state index contributed by atoms with van der Waals surface area (Å²) in [7, 11) is 0. The van der Waals surface area contributed by atoms with Crippen LogP contribution in [0.4, 0.5) is 19.5 Å². The van der Waals surface area contributed by atoms with E-state index in [9.17, 15) is 23.2 Å². The van der Waals surface area contributed by atoms with Crippen molar-refractivity contribution >= 4 is 62.2 Å². The number of hydrogen-bond acceptors (Lipinski definition) is 6. The van der Waals surface area contributed by atoms with Gasteiger partial charge < -0.3 is 19.9 Å². The highest BCUT2D eigenvalue weighted by Gasteiger charge is 2.28. The van der Waals surface area contributed by atoms with Crippen molar-refractivity contribution in [3.8, 4) is 0 Å². The molecular weight excluding hydrogens is 656 g/mol. The van der Waals surface area contributed by atoms with Crippen molar-refractivity contribution in [3.05, 3.63) is 81.5 Å². The molecule has 232 valence electrons. The minimum absolute atomic E-state index is 0.00322. The van der Waals surface area contributed by atoms with Crippen LogP contribution in [-0.2, 0) is 22.7 Å². The molecule has 0 bridgehead atoms. The molecule has 2 heterocycles. The number of ether oxygens (including phenoxy) is 1. The predicted molar refractivity (Wildman–Crippen MR) is 168 cm³/mol. The lowest BCUT2D eigenvalue weighted by Gasteiger charge is -2.31. The number of benzene rings is 2. The van der Waals surface area contributed by atoms with Crippen LogP contribution in [0.2, 0.25) is 0 Å². The van der Waals surface area contributed by atoms with E-state index < -0.39 is 18.4 Å². The zero-order valence-corrected chi connectivity index (χ0v) is 26.1. The summed E-state index contributed by atoms with van der Waals surface area (Å²) >= 11 is 4.04. The van der Waals surface area contributed by atoms with Crippen molar-refractivity contribution in [2.24, 2.45) is 0 Å². The number of hydrogen-bond donors (Lipinski definition) is 3. The highest BCUT2D eigenvalue weighted by Crippen LogP contribution is 2.35. The van der Waals surface area contributed by atoms with Crippen molar-refractivity contribution in [2.45, 2.75) is 63.8 Å². The maximum Gasteiger partial charge on any atom is 0.407 e. The van der Waals surface area contributed by atoms with Gasteiger partial charge in [0.25, 0.3) is 12.3 Å². The van der Waals surface area contributed by atoms with E-state index in [1.165, 1.54) is 12.1 Å². The molecule has 0 radical (unpaired) electrons. The van der Waals surface area contributed by atoms with Gasteiger partial charge in [-0.15, -0.1) is 11.3 Å². The molecule has 0 saturated heterocycles. The lowest BCUT2D eigenvalue weighted by molar-refractivity contribution is -0.121. The minimum atomic E-state index is -2.65. The van der Waals surface area contributed by atoms with Crippen molar-refractivity contribution in [1.82, 2.24) is 20.2 Å². The van der Waals surface area contributed by atoms with E-state index in [1.807, 2.05) is 53.1 Å². The molecule has 2 aromatic heterocycles. The molecule has 2 aromatic carbocycles. The number of alkyl carbamates (subject to hydrolysis) is 1. The summed E-state index contributed by atoms with van der Waals surface area (Å²) in [6, 6.07) is 17.7. The zero-order valence-electron chi connectivity index (χ0n) is 23.7. The number of rotatable bonds is 11. The normalized spacial score (nSPS) is 16.5. The summed E-state index contributed by atoms with van der Waals surface area (Å²) in [5.41, 5.74) is 3.08. The Labute approximate surface area is 265 Å². The summed E-state index contributed by atoms with van der Waals surface area (Å²) in [5.74, 6) is -0.191. The molecule has 0 spiro atoms. The van der Waals surface area contributed by atoms with Crippen molar-refractivity contribution in [3.63, 3.8) is 0 Å². The van der Waals surface area contributed by atoms with Crippen LogP contribution in [0.25, 0.3) is 11.0 Å². The molecule has 3 amide bonds. The van der Waals surface area contributed by atoms with Gasteiger partial charge in [-0.25, -0.2) is 18.6 Å². The molecule has 0 aliphatic heterocycles. The molecule has 1 fully saturated rings. The number of anilines is 1. The van der Waals surface area contributed by atoms with Gasteiger partial charge in [0.2, 0.25) is 11.9 Å². The molecule has 4 aromatic rings. The number of amides is 3. The third-order valence-electron chi connectivity index (χ3n) is 7.44. The number of nitrogens with zero attached hydrogens (tertiary/aromatic N) is 2. The molecule has 3 N–H and O–H groups in total. The Morgan fingerprint density at radius 3 is 2.50 bits per heavy atom. The van der Waals surface area contributed by atoms with Gasteiger partial charge in [-0.05, 0) is 61.1 Å². The Balaban J connectivity index is 1.32. The van der Waals surface area contributed by atoms with Crippen LogP contribution in [0.1, 0.15) is 70.2 Å². The van der Waals surface area contributed by atoms with Crippen LogP contribution in [0.3, 0.4) is 0 Å². The molecule has 1 saturated carbocycles. The Hall–Kier alpha value is -3.84. The standard InChI is InChI=1S/C31H32BrF2N5O4S/c32-15-14-27(40)36-21-7-9-22(10-8-21)39-24-11-6-20(17-35-31(42)43-18-19-4-2-1-3-5-19)16-23(24)37-30(39)38-29(41)26-13-12-25(44-26)28(33)34/h1-6,11-13,16,21-22,28H,7-10,14-15,17-18H2,(H,35,42)(H,36,40)(H,37,38,41). The molecule has 1 aliphatic rings. The third-order valence-corrected chi connectivity index (χ3v) is 8.93. The van der Waals surface area contributed by atoms with E-state index in [0.29, 0.717) is 23.2 Å². The van der Waals surface area contributed by atoms with E-state index >= 15 is 0 Å². The first-order valence-corrected chi connectivity index (χ1v) is 16.2. The monoisotopic (exact) mass is 687 g/mol. The first kappa shape index (κ1) is 31.6. The van der Waals surface area contributed by atoms with Gasteiger partial charge in [0.05, 0.1) is 20.8 Å². The zero-order chi connectivity index (χ0) is 31.1. The fourth-order valence-electron chi connectivity index (χ4n) is 5.28. The van der Waals surface area contributed by atoms with Crippen molar-refractivity contribution in [1.29, 1.82) is 0 Å². The molecule has 1 aliphatic carbocycles. The average Bonchev–Trinajstić information content (AvgIpc) is 3.65. The van der Waals surface area contributed by atoms with E-state index in [0.717, 1.165) is 53.7 Å². The fourth-order valence-corrected chi connectivity index (χ4v) is 6.40. The van der Waals surface area contributed by atoms with Crippen LogP contribution in [0.5, 0.6) is 0 Å². The molecule has 9 nitrogen and oxygen atoms in total. The highest BCUT2D eigenvalue weighted by atomic mass is 79.9. The number of fused-ring (bicyclic) bond motifs is 1. The summed E-state index contributed by atoms with van der Waals surface area (Å²) in [6.07, 6.45) is 0.242. The second-order valence-electron chi connectivity index (χ2n) is 10.5. The van der Waals surface area contributed by atoms with Gasteiger partial charge in [-0.1, -0.05) is 52.3 Å². The second-order valence-corrected chi connectivity index (χ2v) is 12.4. The van der Waals surface area contributed by atoms with Crippen LogP contribution < -0.4 is 16.0 Å². The van der Waals surface area contributed by atoms with Crippen molar-refractivity contribution < 1.29 is 27.9 Å². The Morgan fingerprint density at radius 1 is 1.02 bits per heavy atom. The van der Waals surface area contributed by atoms with Crippen molar-refractivity contribution in [2.75, 3.05) is 10.6 Å². The number of thiophene rings is 1. The summed E-state index contributed by atoms with van der Waals surface area (Å²) in [6.45, 7) is 0.369. The van der Waals surface area contributed by atoms with Crippen LogP contribution >= 0.6 is 27.3 Å². The number of halogens is 3. The SMILES string of the molecule is O=C(CCBr)NC1CCC(n2c(NC(=O)c3ccc(C(F)F)s3)nc3cc(CNC(=O)OCc4ccccc4)ccc32)CC1. The van der Waals surface area contributed by atoms with E-state index in [1.54, 1.807) is 0 Å². The maximum absolute atomic E-state index is 13.1. The van der Waals surface area contributed by atoms with Crippen LogP contribution in [0.15, 0.2) is 60.7 Å². The Bertz CT molecular complexity index is 1610. The largest absolute Gasteiger partial charge is 0.445 e. The fraction of sp³-hybridized carbons (Fsp3) is 0.355. The van der Waals surface area contributed by atoms with Gasteiger partial charge >= 0.3 is 6.09 Å². The quantitative estimate of drug-likeness (QED) is 0.146. The van der Waals surface area contributed by atoms with Gasteiger partial charge in [-0.2, -0.15) is 0 Å². The topological polar surface area (TPSA) is 114 Å². The molecule has 5 rings (SSSR count). The number of aromatic nitrogens is 2. The number of nitrogens with one attached hydrogen (secondary N) is 3. The Kier molecular flexibility index (Phi) is 10.6. The van der Waals surface area contributed by atoms with Gasteiger partial charge in [0, 0.05) is 30.4 Å². The number of alkyl halides is 3. The molecular formula is C31H32BrF2N5O4S. The average molecular weight is 689 g/mol. The Morgan fingerprint density at radius 2 is 1.80 bits per heavy atom. The maximum atomic E-state index is 13.1. The number of imidazole rings is 1. The summed E-state index contributed by atoms with van der Waals surface area (Å²) < 4.78 is 33.6. The van der Waals surface area contributed by atoms with E-state index in [4.69, 9.17) is 9.72 Å². The summed E-state index contributed by atoms with van der Waals surface area (Å²) in [5, 5.41) is 9.28. The third kappa shape index (κ3) is 8.00. The minimum Gasteiger partial charge on any atom is -0.445 e. The van der Waals surface area contributed by atoms with E-state index in [2.05, 4.69) is 31.9 Å². The molecule has 0 unspecified atom stereocenters. The van der Waals surface area contributed by atoms with Gasteiger partial charge in [0.15, 0.2) is 0 Å². The first-order valence-electron chi connectivity index (χ1n) is 14.3. The van der Waals surface area contributed by atoms with Crippen LogP contribution in [0, 0.1) is 0 Å². The first-order chi connectivity index (χ1) is 21.3. The summed E-state index contributed by atoms with van der Waals surface area (Å²) in [4.78, 5) is 42.2. The van der Waals surface area contributed by atoms with E-state index in [-0.39, 0.29) is 40.9 Å². The van der Waals surface area contributed by atoms with Gasteiger partial charge in [-0.3, -0.25) is 14.9 Å².